The Morgan fingerprint density at radius 3 is 1.97 bits per heavy atom. The van der Waals surface area contributed by atoms with Gasteiger partial charge in [0.15, 0.2) is 15.6 Å². The molecule has 0 heterocycles. The van der Waals surface area contributed by atoms with Crippen LogP contribution in [0.15, 0.2) is 46.9 Å². The average molecular weight is 463 g/mol. The number of ketones is 1. The molecule has 0 amide bonds. The Kier molecular flexibility index (Phi) is 6.51. The fourth-order valence-corrected chi connectivity index (χ4v) is 14.0. The van der Waals surface area contributed by atoms with E-state index in [4.69, 9.17) is 4.43 Å². The third kappa shape index (κ3) is 3.89. The molecule has 172 valence electrons. The second kappa shape index (κ2) is 8.27. The summed E-state index contributed by atoms with van der Waals surface area (Å²) < 4.78 is 34.4. The van der Waals surface area contributed by atoms with Gasteiger partial charge in [0, 0.05) is 5.92 Å². The number of sulfone groups is 1. The quantitative estimate of drug-likeness (QED) is 0.470. The zero-order valence-electron chi connectivity index (χ0n) is 20.2. The number of hydrogen-bond acceptors (Lipinski definition) is 4. The van der Waals surface area contributed by atoms with Crippen LogP contribution in [-0.4, -0.2) is 33.9 Å². The molecule has 2 aliphatic rings. The molecule has 2 aliphatic carbocycles. The van der Waals surface area contributed by atoms with Crippen molar-refractivity contribution >= 4 is 23.9 Å². The molecule has 0 radical (unpaired) electrons. The molecule has 1 aromatic rings. The van der Waals surface area contributed by atoms with Crippen LogP contribution in [0.1, 0.15) is 61.8 Å². The Balaban J connectivity index is 2.11. The first kappa shape index (κ1) is 24.4. The fraction of sp³-hybridized carbons (Fsp3) is 0.640. The van der Waals surface area contributed by atoms with E-state index >= 15 is 0 Å². The molecule has 1 saturated carbocycles. The Morgan fingerprint density at radius 1 is 0.968 bits per heavy atom. The minimum absolute atomic E-state index is 0.214. The molecule has 0 N–H and O–H groups in total. The highest BCUT2D eigenvalue weighted by Crippen LogP contribution is 2.56. The molecule has 31 heavy (non-hydrogen) atoms. The summed E-state index contributed by atoms with van der Waals surface area (Å²) in [6.07, 6.45) is 2.02. The SMILES string of the molecule is CC(C)[Si](O[C@H]1[C@H]2C(=CC(=O)[C@@H]2S(=O)(=O)c2ccccc2)CC1(C)C)(C(C)C)C(C)C. The first-order valence-electron chi connectivity index (χ1n) is 11.5. The molecule has 0 aromatic heterocycles. The summed E-state index contributed by atoms with van der Waals surface area (Å²) in [5, 5.41) is -1.09. The van der Waals surface area contributed by atoms with Gasteiger partial charge in [-0.05, 0) is 46.7 Å². The van der Waals surface area contributed by atoms with Crippen LogP contribution in [0.2, 0.25) is 16.6 Å². The largest absolute Gasteiger partial charge is 0.412 e. The highest BCUT2D eigenvalue weighted by Gasteiger charge is 2.60. The fourth-order valence-electron chi connectivity index (χ4n) is 6.33. The van der Waals surface area contributed by atoms with Crippen molar-refractivity contribution in [2.45, 2.75) is 94.7 Å². The van der Waals surface area contributed by atoms with E-state index in [0.29, 0.717) is 23.0 Å². The van der Waals surface area contributed by atoms with E-state index in [1.54, 1.807) is 36.4 Å². The van der Waals surface area contributed by atoms with Crippen LogP contribution < -0.4 is 0 Å². The summed E-state index contributed by atoms with van der Waals surface area (Å²) in [6, 6.07) is 8.39. The van der Waals surface area contributed by atoms with Gasteiger partial charge >= 0.3 is 0 Å². The number of carbonyl (C=O) groups is 1. The smallest absolute Gasteiger partial charge is 0.200 e. The predicted molar refractivity (Wildman–Crippen MR) is 128 cm³/mol. The zero-order chi connectivity index (χ0) is 23.4. The third-order valence-corrected chi connectivity index (χ3v) is 15.8. The summed E-state index contributed by atoms with van der Waals surface area (Å²) >= 11 is 0. The molecule has 0 saturated heterocycles. The number of fused-ring (bicyclic) bond motifs is 1. The van der Waals surface area contributed by atoms with Crippen LogP contribution in [-0.2, 0) is 19.1 Å². The number of hydrogen-bond donors (Lipinski definition) is 0. The van der Waals surface area contributed by atoms with E-state index < -0.39 is 29.3 Å². The van der Waals surface area contributed by atoms with Gasteiger partial charge in [-0.25, -0.2) is 8.42 Å². The van der Waals surface area contributed by atoms with Gasteiger partial charge < -0.3 is 4.43 Å². The molecule has 3 rings (SSSR count). The highest BCUT2D eigenvalue weighted by molar-refractivity contribution is 7.93. The molecule has 6 heteroatoms. The van der Waals surface area contributed by atoms with Gasteiger partial charge in [-0.3, -0.25) is 4.79 Å². The zero-order valence-corrected chi connectivity index (χ0v) is 22.0. The van der Waals surface area contributed by atoms with Gasteiger partial charge in [-0.15, -0.1) is 0 Å². The van der Waals surface area contributed by atoms with E-state index in [2.05, 4.69) is 55.4 Å². The molecule has 0 aliphatic heterocycles. The molecular formula is C25H38O4SSi. The summed E-state index contributed by atoms with van der Waals surface area (Å²) in [5.74, 6) is -0.699. The normalized spacial score (nSPS) is 26.1. The summed E-state index contributed by atoms with van der Waals surface area (Å²) in [6.45, 7) is 17.8. The number of allylic oxidation sites excluding steroid dienone is 1. The molecule has 0 unspecified atom stereocenters. The van der Waals surface area contributed by atoms with Crippen molar-refractivity contribution in [3.63, 3.8) is 0 Å². The Hall–Kier alpha value is -1.24. The van der Waals surface area contributed by atoms with E-state index in [1.807, 2.05) is 0 Å². The number of benzene rings is 1. The third-order valence-electron chi connectivity index (χ3n) is 7.56. The topological polar surface area (TPSA) is 60.4 Å². The lowest BCUT2D eigenvalue weighted by Crippen LogP contribution is -2.54. The summed E-state index contributed by atoms with van der Waals surface area (Å²) in [7, 11) is -6.07. The molecule has 1 aromatic carbocycles. The van der Waals surface area contributed by atoms with Crippen molar-refractivity contribution in [3.05, 3.63) is 42.0 Å². The Morgan fingerprint density at radius 2 is 1.48 bits per heavy atom. The molecule has 3 atom stereocenters. The van der Waals surface area contributed by atoms with Gasteiger partial charge in [0.2, 0.25) is 8.32 Å². The minimum atomic E-state index is -3.81. The van der Waals surface area contributed by atoms with Gasteiger partial charge in [0.25, 0.3) is 0 Å². The predicted octanol–water partition coefficient (Wildman–Crippen LogP) is 5.94. The van der Waals surface area contributed by atoms with Gasteiger partial charge in [0.05, 0.1) is 11.0 Å². The lowest BCUT2D eigenvalue weighted by Gasteiger charge is -2.48. The van der Waals surface area contributed by atoms with Crippen molar-refractivity contribution < 1.29 is 17.6 Å². The molecule has 0 spiro atoms. The summed E-state index contributed by atoms with van der Waals surface area (Å²) in [5.41, 5.74) is 1.88. The average Bonchev–Trinajstić information content (AvgIpc) is 3.08. The second-order valence-corrected chi connectivity index (χ2v) is 18.4. The maximum absolute atomic E-state index is 13.6. The summed E-state index contributed by atoms with van der Waals surface area (Å²) in [4.78, 5) is 13.2. The molecular weight excluding hydrogens is 424 g/mol. The maximum Gasteiger partial charge on any atom is 0.200 e. The first-order valence-corrected chi connectivity index (χ1v) is 15.2. The van der Waals surface area contributed by atoms with Crippen LogP contribution in [0.5, 0.6) is 0 Å². The van der Waals surface area contributed by atoms with E-state index in [9.17, 15) is 13.2 Å². The van der Waals surface area contributed by atoms with Crippen LogP contribution in [0.4, 0.5) is 0 Å². The Bertz CT molecular complexity index is 939. The standard InChI is InChI=1S/C25H38O4SSi/c1-16(2)31(17(3)4,18(5)6)29-24-22-19(15-25(24,7)8)14-21(26)23(22)30(27,28)20-12-10-9-11-13-20/h9-14,16-18,22-24H,15H2,1-8H3/t22-,23-,24-/m0/s1. The lowest BCUT2D eigenvalue weighted by molar-refractivity contribution is -0.114. The minimum Gasteiger partial charge on any atom is -0.412 e. The maximum atomic E-state index is 13.6. The van der Waals surface area contributed by atoms with Crippen molar-refractivity contribution in [1.29, 1.82) is 0 Å². The van der Waals surface area contributed by atoms with Crippen LogP contribution >= 0.6 is 0 Å². The first-order chi connectivity index (χ1) is 14.3. The van der Waals surface area contributed by atoms with Crippen molar-refractivity contribution in [3.8, 4) is 0 Å². The van der Waals surface area contributed by atoms with Crippen molar-refractivity contribution in [1.82, 2.24) is 0 Å². The number of carbonyl (C=O) groups excluding carboxylic acids is 1. The molecule has 1 fully saturated rings. The molecule has 0 bridgehead atoms. The van der Waals surface area contributed by atoms with E-state index in [-0.39, 0.29) is 22.2 Å². The Labute approximate surface area is 189 Å². The monoisotopic (exact) mass is 462 g/mol. The van der Waals surface area contributed by atoms with Crippen LogP contribution in [0.25, 0.3) is 0 Å². The van der Waals surface area contributed by atoms with Gasteiger partial charge in [-0.2, -0.15) is 0 Å². The van der Waals surface area contributed by atoms with Crippen LogP contribution in [0.3, 0.4) is 0 Å². The van der Waals surface area contributed by atoms with E-state index in [0.717, 1.165) is 5.57 Å². The van der Waals surface area contributed by atoms with Crippen molar-refractivity contribution in [2.75, 3.05) is 0 Å². The van der Waals surface area contributed by atoms with Gasteiger partial charge in [0.1, 0.15) is 5.25 Å². The number of rotatable bonds is 7. The molecule has 4 nitrogen and oxygen atoms in total. The van der Waals surface area contributed by atoms with E-state index in [1.165, 1.54) is 0 Å². The lowest BCUT2D eigenvalue weighted by atomic mass is 9.86. The van der Waals surface area contributed by atoms with Gasteiger partial charge in [-0.1, -0.05) is 79.2 Å². The second-order valence-electron chi connectivity index (χ2n) is 10.9. The highest BCUT2D eigenvalue weighted by atomic mass is 32.2. The van der Waals surface area contributed by atoms with Crippen molar-refractivity contribution in [2.24, 2.45) is 11.3 Å². The van der Waals surface area contributed by atoms with Crippen LogP contribution in [0, 0.1) is 11.3 Å².